The number of hydrogen-bond acceptors (Lipinski definition) is 1. The van der Waals surface area contributed by atoms with E-state index in [1.165, 1.54) is 63.0 Å². The average Bonchev–Trinajstić information content (AvgIpc) is 2.73. The molecule has 0 aliphatic heterocycles. The second kappa shape index (κ2) is 15.7. The van der Waals surface area contributed by atoms with Crippen LogP contribution < -0.4 is 0 Å². The molecule has 3 heteroatoms. The standard InChI is InChI=1S/C16H23OSi.3C4H9.Sn/c1-6-15(17-18-12-16(3,4)5)11-14-10-8-7-9-13(14)2;3*1-3-4-2;/h1,6-10,15H,11-12H2,2-5H3;3*1,3-4H2,2H3;. The molecule has 1 aromatic carbocycles. The van der Waals surface area contributed by atoms with Gasteiger partial charge in [0, 0.05) is 0 Å². The number of aryl methyl sites for hydroxylation is 1. The van der Waals surface area contributed by atoms with Gasteiger partial charge in [0.1, 0.15) is 0 Å². The Balaban J connectivity index is 3.07. The van der Waals surface area contributed by atoms with Crippen LogP contribution in [0.5, 0.6) is 0 Å². The van der Waals surface area contributed by atoms with Crippen molar-refractivity contribution in [3.05, 3.63) is 45.6 Å². The fourth-order valence-electron chi connectivity index (χ4n) is 4.09. The van der Waals surface area contributed by atoms with E-state index >= 15 is 0 Å². The molecule has 2 radical (unpaired) electrons. The summed E-state index contributed by atoms with van der Waals surface area (Å²) in [6.07, 6.45) is 12.0. The Hall–Kier alpha value is -0.0644. The van der Waals surface area contributed by atoms with Gasteiger partial charge in [0.15, 0.2) is 0 Å². The SMILES string of the molecule is CCC[CH2][Sn](/[CH]=C/C(Cc1ccccc1C)O[Si]CC(C)(C)C)([CH2]CCC)[CH2]CCC. The molecule has 0 aromatic heterocycles. The Kier molecular flexibility index (Phi) is 14.7. The Morgan fingerprint density at radius 1 is 0.935 bits per heavy atom. The van der Waals surface area contributed by atoms with Crippen LogP contribution in [0.1, 0.15) is 91.2 Å². The van der Waals surface area contributed by atoms with Crippen molar-refractivity contribution in [2.24, 2.45) is 5.41 Å². The average molecular weight is 550 g/mol. The number of hydrogen-bond donors (Lipinski definition) is 0. The van der Waals surface area contributed by atoms with E-state index in [1.807, 2.05) is 0 Å². The van der Waals surface area contributed by atoms with Gasteiger partial charge in [0.25, 0.3) is 0 Å². The van der Waals surface area contributed by atoms with Crippen LogP contribution in [0.15, 0.2) is 34.4 Å². The van der Waals surface area contributed by atoms with E-state index in [0.717, 1.165) is 12.5 Å². The van der Waals surface area contributed by atoms with Crippen molar-refractivity contribution in [1.29, 1.82) is 0 Å². The van der Waals surface area contributed by atoms with Crippen LogP contribution in [-0.4, -0.2) is 34.2 Å². The van der Waals surface area contributed by atoms with E-state index in [0.29, 0.717) is 15.2 Å². The number of unbranched alkanes of at least 4 members (excludes halogenated alkanes) is 3. The first-order chi connectivity index (χ1) is 14.7. The van der Waals surface area contributed by atoms with Crippen LogP contribution in [0.4, 0.5) is 0 Å². The van der Waals surface area contributed by atoms with Crippen molar-refractivity contribution < 1.29 is 4.43 Å². The third-order valence-electron chi connectivity index (χ3n) is 6.27. The van der Waals surface area contributed by atoms with Crippen molar-refractivity contribution >= 4 is 28.1 Å². The molecule has 1 nitrogen and oxygen atoms in total. The maximum absolute atomic E-state index is 6.56. The third-order valence-corrected chi connectivity index (χ3v) is 22.1. The van der Waals surface area contributed by atoms with E-state index in [9.17, 15) is 0 Å². The summed E-state index contributed by atoms with van der Waals surface area (Å²) in [5, 5.41) is 0. The van der Waals surface area contributed by atoms with Gasteiger partial charge in [-0.25, -0.2) is 0 Å². The van der Waals surface area contributed by atoms with Gasteiger partial charge in [-0.15, -0.1) is 0 Å². The molecule has 0 saturated carbocycles. The van der Waals surface area contributed by atoms with Gasteiger partial charge in [0.2, 0.25) is 0 Å². The molecule has 1 unspecified atom stereocenters. The molecule has 1 atom stereocenters. The second-order valence-corrected chi connectivity index (χ2v) is 24.6. The molecule has 0 aliphatic rings. The first-order valence-corrected chi connectivity index (χ1v) is 21.7. The van der Waals surface area contributed by atoms with E-state index in [-0.39, 0.29) is 6.10 Å². The molecule has 176 valence electrons. The topological polar surface area (TPSA) is 9.23 Å². The predicted molar refractivity (Wildman–Crippen MR) is 144 cm³/mol. The summed E-state index contributed by atoms with van der Waals surface area (Å²) in [6, 6.07) is 9.98. The fourth-order valence-corrected chi connectivity index (χ4v) is 19.4. The van der Waals surface area contributed by atoms with Gasteiger partial charge in [-0.1, -0.05) is 0 Å². The van der Waals surface area contributed by atoms with Gasteiger partial charge >= 0.3 is 202 Å². The van der Waals surface area contributed by atoms with E-state index in [1.54, 1.807) is 0 Å². The normalized spacial score (nSPS) is 13.8. The Labute approximate surface area is 201 Å². The minimum atomic E-state index is -2.27. The zero-order chi connectivity index (χ0) is 23.2. The monoisotopic (exact) mass is 550 g/mol. The van der Waals surface area contributed by atoms with Gasteiger partial charge < -0.3 is 0 Å². The van der Waals surface area contributed by atoms with Gasteiger partial charge in [-0.05, 0) is 0 Å². The van der Waals surface area contributed by atoms with Crippen molar-refractivity contribution in [2.45, 2.75) is 119 Å². The van der Waals surface area contributed by atoms with E-state index < -0.39 is 18.4 Å². The number of benzene rings is 1. The van der Waals surface area contributed by atoms with Crippen LogP contribution in [0.3, 0.4) is 0 Å². The van der Waals surface area contributed by atoms with Gasteiger partial charge in [0.05, 0.1) is 0 Å². The molecule has 0 aliphatic carbocycles. The van der Waals surface area contributed by atoms with Crippen molar-refractivity contribution in [3.63, 3.8) is 0 Å². The van der Waals surface area contributed by atoms with Gasteiger partial charge in [-0.3, -0.25) is 0 Å². The molecule has 0 N–H and O–H groups in total. The van der Waals surface area contributed by atoms with Crippen LogP contribution in [-0.2, 0) is 10.8 Å². The first kappa shape index (κ1) is 29.0. The van der Waals surface area contributed by atoms with Crippen molar-refractivity contribution in [1.82, 2.24) is 0 Å². The molecule has 0 amide bonds. The van der Waals surface area contributed by atoms with Crippen LogP contribution in [0, 0.1) is 12.3 Å². The second-order valence-electron chi connectivity index (χ2n) is 10.7. The molecular weight excluding hydrogens is 499 g/mol. The summed E-state index contributed by atoms with van der Waals surface area (Å²) in [7, 11) is 0.581. The first-order valence-electron chi connectivity index (χ1n) is 12.9. The van der Waals surface area contributed by atoms with Crippen LogP contribution >= 0.6 is 0 Å². The summed E-state index contributed by atoms with van der Waals surface area (Å²) in [6.45, 7) is 16.3. The molecular formula is C28H50OSiSn. The fraction of sp³-hybridized carbons (Fsp3) is 0.714. The summed E-state index contributed by atoms with van der Waals surface area (Å²) < 4.78 is 14.0. The zero-order valence-corrected chi connectivity index (χ0v) is 25.6. The maximum atomic E-state index is 6.56. The molecule has 1 rings (SSSR count). The summed E-state index contributed by atoms with van der Waals surface area (Å²) in [5.74, 6) is 0. The van der Waals surface area contributed by atoms with Crippen LogP contribution in [0.2, 0.25) is 19.4 Å². The molecule has 1 aromatic rings. The van der Waals surface area contributed by atoms with E-state index in [4.69, 9.17) is 4.43 Å². The summed E-state index contributed by atoms with van der Waals surface area (Å²) >= 11 is -2.27. The third kappa shape index (κ3) is 12.7. The summed E-state index contributed by atoms with van der Waals surface area (Å²) in [5.41, 5.74) is 3.16. The Bertz CT molecular complexity index is 598. The van der Waals surface area contributed by atoms with Crippen molar-refractivity contribution in [3.8, 4) is 0 Å². The quantitative estimate of drug-likeness (QED) is 0.187. The van der Waals surface area contributed by atoms with Gasteiger partial charge in [-0.2, -0.15) is 0 Å². The Morgan fingerprint density at radius 3 is 1.97 bits per heavy atom. The molecule has 0 fully saturated rings. The molecule has 0 saturated heterocycles. The minimum absolute atomic E-state index is 0.225. The Morgan fingerprint density at radius 2 is 1.48 bits per heavy atom. The zero-order valence-electron chi connectivity index (χ0n) is 21.7. The number of rotatable bonds is 16. The van der Waals surface area contributed by atoms with Crippen LogP contribution in [0.25, 0.3) is 0 Å². The molecule has 31 heavy (non-hydrogen) atoms. The molecule has 0 heterocycles. The predicted octanol–water partition coefficient (Wildman–Crippen LogP) is 8.95. The van der Waals surface area contributed by atoms with Crippen molar-refractivity contribution in [2.75, 3.05) is 0 Å². The van der Waals surface area contributed by atoms with E-state index in [2.05, 4.69) is 82.9 Å². The molecule has 0 bridgehead atoms. The molecule has 0 spiro atoms. The summed E-state index contributed by atoms with van der Waals surface area (Å²) in [4.78, 5) is 0.